The average molecular weight is 362 g/mol. The van der Waals surface area contributed by atoms with Gasteiger partial charge in [0.25, 0.3) is 0 Å². The summed E-state index contributed by atoms with van der Waals surface area (Å²) >= 11 is 0.503. The molecule has 0 aliphatic heterocycles. The number of carbonyl (C=O) groups excluding carboxylic acids is 1. The van der Waals surface area contributed by atoms with Crippen molar-refractivity contribution in [3.05, 3.63) is 35.9 Å². The van der Waals surface area contributed by atoms with E-state index < -0.39 is 48.2 Å². The highest BCUT2D eigenvalue weighted by molar-refractivity contribution is 8.14. The van der Waals surface area contributed by atoms with Crippen LogP contribution >= 0.6 is 11.8 Å². The summed E-state index contributed by atoms with van der Waals surface area (Å²) < 4.78 is 90.0. The monoisotopic (exact) mass is 362 g/mol. The summed E-state index contributed by atoms with van der Waals surface area (Å²) in [5.41, 5.74) is 0.256. The number of rotatable bonds is 8. The van der Waals surface area contributed by atoms with Crippen LogP contribution in [0.25, 0.3) is 0 Å². The minimum atomic E-state index is -5.05. The van der Waals surface area contributed by atoms with E-state index in [0.29, 0.717) is 11.8 Å². The maximum atomic E-state index is 13.4. The molecule has 2 atom stereocenters. The van der Waals surface area contributed by atoms with E-state index in [0.717, 1.165) is 0 Å². The zero-order valence-corrected chi connectivity index (χ0v) is 12.4. The molecular formula is C14H13F7OS. The van der Waals surface area contributed by atoms with Gasteiger partial charge in [-0.25, -0.2) is 22.0 Å². The fourth-order valence-corrected chi connectivity index (χ4v) is 2.43. The van der Waals surface area contributed by atoms with Gasteiger partial charge in [0.1, 0.15) is 0 Å². The Kier molecular flexibility index (Phi) is 6.91. The molecule has 0 bridgehead atoms. The first-order valence-electron chi connectivity index (χ1n) is 6.45. The molecule has 0 spiro atoms. The third-order valence-electron chi connectivity index (χ3n) is 2.92. The van der Waals surface area contributed by atoms with E-state index in [1.54, 1.807) is 18.2 Å². The molecule has 0 saturated carbocycles. The topological polar surface area (TPSA) is 17.1 Å². The molecule has 9 heteroatoms. The predicted molar refractivity (Wildman–Crippen MR) is 73.5 cm³/mol. The summed E-state index contributed by atoms with van der Waals surface area (Å²) in [5.74, 6) is -10.5. The van der Waals surface area contributed by atoms with Gasteiger partial charge in [0.2, 0.25) is 11.3 Å². The van der Waals surface area contributed by atoms with Crippen LogP contribution in [0.15, 0.2) is 30.3 Å². The number of benzene rings is 1. The number of halogens is 7. The van der Waals surface area contributed by atoms with Gasteiger partial charge in [-0.2, -0.15) is 8.78 Å². The number of hydrogen-bond acceptors (Lipinski definition) is 2. The molecule has 23 heavy (non-hydrogen) atoms. The van der Waals surface area contributed by atoms with Gasteiger partial charge in [0.15, 0.2) is 12.8 Å². The molecule has 0 aliphatic carbocycles. The minimum absolute atomic E-state index is 0.256. The highest BCUT2D eigenvalue weighted by Crippen LogP contribution is 2.39. The van der Waals surface area contributed by atoms with E-state index in [2.05, 4.69) is 0 Å². The Morgan fingerprint density at radius 3 is 2.17 bits per heavy atom. The molecule has 1 nitrogen and oxygen atoms in total. The van der Waals surface area contributed by atoms with E-state index >= 15 is 0 Å². The number of hydrogen-bond donors (Lipinski definition) is 0. The zero-order chi connectivity index (χ0) is 17.7. The first-order chi connectivity index (χ1) is 10.6. The van der Waals surface area contributed by atoms with Crippen molar-refractivity contribution in [1.82, 2.24) is 0 Å². The third kappa shape index (κ3) is 5.12. The maximum Gasteiger partial charge on any atom is 0.315 e. The highest BCUT2D eigenvalue weighted by Gasteiger charge is 2.60. The second-order valence-corrected chi connectivity index (χ2v) is 5.76. The Morgan fingerprint density at radius 2 is 1.65 bits per heavy atom. The van der Waals surface area contributed by atoms with Crippen molar-refractivity contribution in [1.29, 1.82) is 0 Å². The SMILES string of the molecule is O=C(SCCC(F)C(F)(F)C(F)C(F)(F)CF)c1ccccc1. The van der Waals surface area contributed by atoms with Crippen LogP contribution in [0, 0.1) is 0 Å². The van der Waals surface area contributed by atoms with Gasteiger partial charge in [0, 0.05) is 11.3 Å². The molecule has 0 radical (unpaired) electrons. The molecule has 2 unspecified atom stereocenters. The quantitative estimate of drug-likeness (QED) is 0.614. The van der Waals surface area contributed by atoms with Crippen molar-refractivity contribution in [2.45, 2.75) is 30.6 Å². The van der Waals surface area contributed by atoms with E-state index in [9.17, 15) is 35.5 Å². The second kappa shape index (κ2) is 8.03. The molecule has 0 saturated heterocycles. The largest absolute Gasteiger partial charge is 0.315 e. The Balaban J connectivity index is 2.55. The third-order valence-corrected chi connectivity index (χ3v) is 3.86. The summed E-state index contributed by atoms with van der Waals surface area (Å²) in [7, 11) is 0. The molecular weight excluding hydrogens is 349 g/mol. The average Bonchev–Trinajstić information content (AvgIpc) is 2.54. The van der Waals surface area contributed by atoms with Crippen LogP contribution in [-0.2, 0) is 0 Å². The van der Waals surface area contributed by atoms with Crippen LogP contribution in [0.2, 0.25) is 0 Å². The Morgan fingerprint density at radius 1 is 1.09 bits per heavy atom. The Labute approximate surface area is 132 Å². The van der Waals surface area contributed by atoms with Crippen molar-refractivity contribution in [2.75, 3.05) is 12.4 Å². The molecule has 0 fully saturated rings. The number of carbonyl (C=O) groups is 1. The lowest BCUT2D eigenvalue weighted by Crippen LogP contribution is -2.50. The molecule has 1 aromatic carbocycles. The van der Waals surface area contributed by atoms with Gasteiger partial charge in [-0.15, -0.1) is 0 Å². The summed E-state index contributed by atoms with van der Waals surface area (Å²) in [6, 6.07) is 7.68. The molecule has 1 rings (SSSR count). The second-order valence-electron chi connectivity index (χ2n) is 4.69. The van der Waals surface area contributed by atoms with E-state index in [-0.39, 0.29) is 5.56 Å². The lowest BCUT2D eigenvalue weighted by molar-refractivity contribution is -0.211. The van der Waals surface area contributed by atoms with Gasteiger partial charge in [0.05, 0.1) is 0 Å². The van der Waals surface area contributed by atoms with E-state index in [1.165, 1.54) is 12.1 Å². The Hall–Kier alpha value is -1.25. The lowest BCUT2D eigenvalue weighted by atomic mass is 10.0. The Bertz CT molecular complexity index is 509. The molecule has 0 aliphatic rings. The van der Waals surface area contributed by atoms with Gasteiger partial charge in [-0.3, -0.25) is 4.79 Å². The minimum Gasteiger partial charge on any atom is -0.282 e. The van der Waals surface area contributed by atoms with Gasteiger partial charge < -0.3 is 0 Å². The van der Waals surface area contributed by atoms with Gasteiger partial charge in [-0.1, -0.05) is 42.1 Å². The normalized spacial score (nSPS) is 15.3. The molecule has 0 N–H and O–H groups in total. The lowest BCUT2D eigenvalue weighted by Gasteiger charge is -2.28. The van der Waals surface area contributed by atoms with Crippen LogP contribution in [0.1, 0.15) is 16.8 Å². The standard InChI is InChI=1S/C14H13F7OS/c15-8-13(18,19)12(17)14(20,21)10(16)6-7-23-11(22)9-4-2-1-3-5-9/h1-5,10,12H,6-8H2. The highest BCUT2D eigenvalue weighted by atomic mass is 32.2. The fourth-order valence-electron chi connectivity index (χ4n) is 1.61. The van der Waals surface area contributed by atoms with Crippen molar-refractivity contribution in [2.24, 2.45) is 0 Å². The summed E-state index contributed by atoms with van der Waals surface area (Å²) in [5, 5.41) is -0.521. The first-order valence-corrected chi connectivity index (χ1v) is 7.43. The number of thioether (sulfide) groups is 1. The smallest absolute Gasteiger partial charge is 0.282 e. The van der Waals surface area contributed by atoms with Crippen molar-refractivity contribution in [3.63, 3.8) is 0 Å². The van der Waals surface area contributed by atoms with Crippen molar-refractivity contribution < 1.29 is 35.5 Å². The van der Waals surface area contributed by atoms with Crippen LogP contribution in [0.4, 0.5) is 30.7 Å². The van der Waals surface area contributed by atoms with Gasteiger partial charge >= 0.3 is 11.8 Å². The number of alkyl halides is 7. The predicted octanol–water partition coefficient (Wildman–Crippen LogP) is 4.87. The molecule has 130 valence electrons. The van der Waals surface area contributed by atoms with E-state index in [4.69, 9.17) is 0 Å². The molecule has 0 heterocycles. The van der Waals surface area contributed by atoms with Crippen LogP contribution in [-0.4, -0.2) is 41.7 Å². The van der Waals surface area contributed by atoms with E-state index in [1.807, 2.05) is 0 Å². The maximum absolute atomic E-state index is 13.4. The van der Waals surface area contributed by atoms with Crippen LogP contribution in [0.5, 0.6) is 0 Å². The molecule has 0 aromatic heterocycles. The van der Waals surface area contributed by atoms with Crippen molar-refractivity contribution >= 4 is 16.9 Å². The van der Waals surface area contributed by atoms with Gasteiger partial charge in [-0.05, 0) is 6.42 Å². The summed E-state index contributed by atoms with van der Waals surface area (Å²) in [6.07, 6.45) is -8.56. The summed E-state index contributed by atoms with van der Waals surface area (Å²) in [6.45, 7) is -2.66. The molecule has 0 amide bonds. The van der Waals surface area contributed by atoms with Crippen molar-refractivity contribution in [3.8, 4) is 0 Å². The summed E-state index contributed by atoms with van der Waals surface area (Å²) in [4.78, 5) is 11.6. The molecule has 1 aromatic rings. The zero-order valence-electron chi connectivity index (χ0n) is 11.6. The van der Waals surface area contributed by atoms with Crippen LogP contribution < -0.4 is 0 Å². The fraction of sp³-hybridized carbons (Fsp3) is 0.500. The first kappa shape index (κ1) is 19.8. The van der Waals surface area contributed by atoms with Crippen LogP contribution in [0.3, 0.4) is 0 Å².